The average Bonchev–Trinajstić information content (AvgIpc) is 2.81. The molecule has 0 bridgehead atoms. The predicted octanol–water partition coefficient (Wildman–Crippen LogP) is 2.58. The molecular weight excluding hydrogens is 242 g/mol. The van der Waals surface area contributed by atoms with E-state index >= 15 is 0 Å². The fourth-order valence-corrected chi connectivity index (χ4v) is 1.99. The zero-order valence-electron chi connectivity index (χ0n) is 11.0. The van der Waals surface area contributed by atoms with Gasteiger partial charge in [-0.05, 0) is 25.5 Å². The number of carbonyl (C=O) groups excluding carboxylic acids is 1. The number of rotatable bonds is 4. The molecule has 0 aliphatic carbocycles. The van der Waals surface area contributed by atoms with Crippen LogP contribution < -0.4 is 0 Å². The molecule has 2 N–H and O–H groups in total. The van der Waals surface area contributed by atoms with Crippen molar-refractivity contribution in [2.45, 2.75) is 20.0 Å². The van der Waals surface area contributed by atoms with E-state index in [9.17, 15) is 9.90 Å². The molecule has 1 heterocycles. The second-order valence-electron chi connectivity index (χ2n) is 4.30. The number of aliphatic hydroxyl groups excluding tert-OH is 1. The Bertz CT molecular complexity index is 560. The molecule has 1 aromatic carbocycles. The van der Waals surface area contributed by atoms with E-state index in [0.717, 1.165) is 11.3 Å². The molecule has 0 aliphatic heterocycles. The predicted molar refractivity (Wildman–Crippen MR) is 72.0 cm³/mol. The van der Waals surface area contributed by atoms with Crippen LogP contribution in [-0.4, -0.2) is 22.7 Å². The number of esters is 1. The summed E-state index contributed by atoms with van der Waals surface area (Å²) in [7, 11) is 0. The molecule has 1 aromatic heterocycles. The minimum Gasteiger partial charge on any atom is -0.461 e. The van der Waals surface area contributed by atoms with Gasteiger partial charge < -0.3 is 14.8 Å². The summed E-state index contributed by atoms with van der Waals surface area (Å²) in [4.78, 5) is 14.6. The van der Waals surface area contributed by atoms with Gasteiger partial charge in [0.05, 0.1) is 6.61 Å². The highest BCUT2D eigenvalue weighted by Crippen LogP contribution is 2.25. The van der Waals surface area contributed by atoms with E-state index in [1.807, 2.05) is 37.3 Å². The van der Waals surface area contributed by atoms with Gasteiger partial charge in [0.15, 0.2) is 0 Å². The van der Waals surface area contributed by atoms with Gasteiger partial charge in [-0.25, -0.2) is 4.79 Å². The molecule has 0 amide bonds. The van der Waals surface area contributed by atoms with Crippen molar-refractivity contribution >= 4 is 5.97 Å². The van der Waals surface area contributed by atoms with Crippen LogP contribution in [0.15, 0.2) is 36.4 Å². The lowest BCUT2D eigenvalue weighted by Crippen LogP contribution is -2.04. The van der Waals surface area contributed by atoms with E-state index in [-0.39, 0.29) is 0 Å². The summed E-state index contributed by atoms with van der Waals surface area (Å²) in [5.74, 6) is -0.405. The number of aliphatic hydroxyl groups is 1. The zero-order chi connectivity index (χ0) is 13.8. The number of ether oxygens (including phenoxy) is 1. The van der Waals surface area contributed by atoms with E-state index < -0.39 is 12.1 Å². The zero-order valence-corrected chi connectivity index (χ0v) is 11.0. The molecule has 0 spiro atoms. The SMILES string of the molecule is CCOC(=O)c1cc(C(O)c2ccccc2)c(C)[nH]1. The molecule has 0 radical (unpaired) electrons. The molecule has 100 valence electrons. The van der Waals surface area contributed by atoms with E-state index in [1.54, 1.807) is 13.0 Å². The standard InChI is InChI=1S/C15H17NO3/c1-3-19-15(18)13-9-12(10(2)16-13)14(17)11-7-5-4-6-8-11/h4-9,14,16-17H,3H2,1-2H3. The number of aromatic amines is 1. The van der Waals surface area contributed by atoms with Crippen molar-refractivity contribution in [1.82, 2.24) is 4.98 Å². The van der Waals surface area contributed by atoms with Crippen LogP contribution >= 0.6 is 0 Å². The minimum atomic E-state index is -0.749. The van der Waals surface area contributed by atoms with E-state index in [4.69, 9.17) is 4.74 Å². The van der Waals surface area contributed by atoms with E-state index in [0.29, 0.717) is 17.9 Å². The van der Waals surface area contributed by atoms with Crippen molar-refractivity contribution in [2.75, 3.05) is 6.61 Å². The van der Waals surface area contributed by atoms with Crippen LogP contribution in [0.3, 0.4) is 0 Å². The van der Waals surface area contributed by atoms with Crippen LogP contribution in [0.5, 0.6) is 0 Å². The van der Waals surface area contributed by atoms with Gasteiger partial charge in [-0.15, -0.1) is 0 Å². The first-order chi connectivity index (χ1) is 9.13. The summed E-state index contributed by atoms with van der Waals surface area (Å²) in [6.45, 7) is 3.91. The maximum atomic E-state index is 11.6. The van der Waals surface area contributed by atoms with Crippen molar-refractivity contribution in [3.05, 3.63) is 58.9 Å². The third-order valence-corrected chi connectivity index (χ3v) is 2.96. The maximum Gasteiger partial charge on any atom is 0.354 e. The Morgan fingerprint density at radius 1 is 1.37 bits per heavy atom. The van der Waals surface area contributed by atoms with E-state index in [2.05, 4.69) is 4.98 Å². The molecule has 0 saturated carbocycles. The fraction of sp³-hybridized carbons (Fsp3) is 0.267. The first-order valence-electron chi connectivity index (χ1n) is 6.23. The summed E-state index contributed by atoms with van der Waals surface area (Å²) < 4.78 is 4.93. The molecule has 0 aliphatic rings. The first kappa shape index (κ1) is 13.4. The Labute approximate surface area is 112 Å². The van der Waals surface area contributed by atoms with Gasteiger partial charge >= 0.3 is 5.97 Å². The van der Waals surface area contributed by atoms with Crippen molar-refractivity contribution < 1.29 is 14.6 Å². The Balaban J connectivity index is 2.28. The average molecular weight is 259 g/mol. The Morgan fingerprint density at radius 3 is 2.68 bits per heavy atom. The highest BCUT2D eigenvalue weighted by Gasteiger charge is 2.18. The number of H-pyrrole nitrogens is 1. The number of nitrogens with one attached hydrogen (secondary N) is 1. The highest BCUT2D eigenvalue weighted by atomic mass is 16.5. The van der Waals surface area contributed by atoms with Gasteiger partial charge in [0, 0.05) is 11.3 Å². The van der Waals surface area contributed by atoms with Gasteiger partial charge in [0.2, 0.25) is 0 Å². The molecule has 0 saturated heterocycles. The highest BCUT2D eigenvalue weighted by molar-refractivity contribution is 5.88. The van der Waals surface area contributed by atoms with Crippen LogP contribution in [0, 0.1) is 6.92 Å². The number of carbonyl (C=O) groups is 1. The number of aromatic nitrogens is 1. The van der Waals surface area contributed by atoms with Gasteiger partial charge in [-0.1, -0.05) is 30.3 Å². The summed E-state index contributed by atoms with van der Waals surface area (Å²) in [6, 6.07) is 11.0. The second kappa shape index (κ2) is 5.71. The molecule has 1 atom stereocenters. The van der Waals surface area contributed by atoms with Crippen molar-refractivity contribution in [1.29, 1.82) is 0 Å². The first-order valence-corrected chi connectivity index (χ1v) is 6.23. The van der Waals surface area contributed by atoms with Crippen LogP contribution in [0.4, 0.5) is 0 Å². The summed E-state index contributed by atoms with van der Waals surface area (Å²) >= 11 is 0. The number of benzene rings is 1. The molecule has 19 heavy (non-hydrogen) atoms. The summed E-state index contributed by atoms with van der Waals surface area (Å²) in [5.41, 5.74) is 2.61. The number of hydrogen-bond acceptors (Lipinski definition) is 3. The van der Waals surface area contributed by atoms with Crippen LogP contribution in [0.2, 0.25) is 0 Å². The molecule has 4 nitrogen and oxygen atoms in total. The maximum absolute atomic E-state index is 11.6. The number of hydrogen-bond donors (Lipinski definition) is 2. The fourth-order valence-electron chi connectivity index (χ4n) is 1.99. The third-order valence-electron chi connectivity index (χ3n) is 2.96. The van der Waals surface area contributed by atoms with Gasteiger partial charge in [-0.3, -0.25) is 0 Å². The quantitative estimate of drug-likeness (QED) is 0.829. The second-order valence-corrected chi connectivity index (χ2v) is 4.30. The normalized spacial score (nSPS) is 12.2. The van der Waals surface area contributed by atoms with Crippen molar-refractivity contribution in [2.24, 2.45) is 0 Å². The van der Waals surface area contributed by atoms with Crippen LogP contribution in [0.1, 0.15) is 40.3 Å². The van der Waals surface area contributed by atoms with Crippen molar-refractivity contribution in [3.8, 4) is 0 Å². The molecule has 4 heteroatoms. The lowest BCUT2D eigenvalue weighted by atomic mass is 10.0. The Kier molecular flexibility index (Phi) is 4.02. The third kappa shape index (κ3) is 2.85. The Morgan fingerprint density at radius 2 is 2.05 bits per heavy atom. The molecule has 2 aromatic rings. The van der Waals surface area contributed by atoms with Crippen LogP contribution in [0.25, 0.3) is 0 Å². The van der Waals surface area contributed by atoms with Gasteiger partial charge in [0.1, 0.15) is 11.8 Å². The van der Waals surface area contributed by atoms with Crippen LogP contribution in [-0.2, 0) is 4.74 Å². The largest absolute Gasteiger partial charge is 0.461 e. The monoisotopic (exact) mass is 259 g/mol. The lowest BCUT2D eigenvalue weighted by Gasteiger charge is -2.10. The molecule has 0 fully saturated rings. The van der Waals surface area contributed by atoms with Gasteiger partial charge in [0.25, 0.3) is 0 Å². The van der Waals surface area contributed by atoms with E-state index in [1.165, 1.54) is 0 Å². The Hall–Kier alpha value is -2.07. The molecule has 2 rings (SSSR count). The number of aryl methyl sites for hydroxylation is 1. The molecule has 1 unspecified atom stereocenters. The lowest BCUT2D eigenvalue weighted by molar-refractivity contribution is 0.0520. The summed E-state index contributed by atoms with van der Waals surface area (Å²) in [5, 5.41) is 10.3. The smallest absolute Gasteiger partial charge is 0.354 e. The summed E-state index contributed by atoms with van der Waals surface area (Å²) in [6.07, 6.45) is -0.749. The topological polar surface area (TPSA) is 62.3 Å². The minimum absolute atomic E-state index is 0.327. The molecular formula is C15H17NO3. The van der Waals surface area contributed by atoms with Gasteiger partial charge in [-0.2, -0.15) is 0 Å². The van der Waals surface area contributed by atoms with Crippen molar-refractivity contribution in [3.63, 3.8) is 0 Å².